The van der Waals surface area contributed by atoms with E-state index < -0.39 is 20.1 Å². The zero-order valence-electron chi connectivity index (χ0n) is 10.3. The molecule has 0 heterocycles. The monoisotopic (exact) mass is 304 g/mol. The molecule has 1 rings (SSSR count). The van der Waals surface area contributed by atoms with Gasteiger partial charge in [0.2, 0.25) is 0 Å². The molecule has 0 atom stereocenters. The van der Waals surface area contributed by atoms with E-state index in [4.69, 9.17) is 4.74 Å². The first-order valence-electron chi connectivity index (χ1n) is 5.43. The van der Waals surface area contributed by atoms with Crippen LogP contribution in [0.5, 0.6) is 0 Å². The van der Waals surface area contributed by atoms with E-state index in [1.165, 1.54) is 0.171 Å². The van der Waals surface area contributed by atoms with E-state index in [-0.39, 0.29) is 6.61 Å². The normalized spacial score (nSPS) is 11.1. The van der Waals surface area contributed by atoms with E-state index in [9.17, 15) is 21.7 Å². The van der Waals surface area contributed by atoms with Gasteiger partial charge in [-0.2, -0.15) is 0 Å². The van der Waals surface area contributed by atoms with Crippen molar-refractivity contribution in [2.24, 2.45) is 0 Å². The summed E-state index contributed by atoms with van der Waals surface area (Å²) in [7, 11) is -3.67. The van der Waals surface area contributed by atoms with Gasteiger partial charge in [0, 0.05) is 0 Å². The van der Waals surface area contributed by atoms with Crippen molar-refractivity contribution in [3.8, 4) is 0 Å². The van der Waals surface area contributed by atoms with Crippen LogP contribution in [0.1, 0.15) is 5.56 Å². The van der Waals surface area contributed by atoms with Crippen LogP contribution in [0.4, 0.5) is 21.7 Å². The molecule has 0 aromatic heterocycles. The van der Waals surface area contributed by atoms with Gasteiger partial charge in [0.15, 0.2) is 0 Å². The molecule has 0 aliphatic rings. The third-order valence-electron chi connectivity index (χ3n) is 1.82. The van der Waals surface area contributed by atoms with Crippen molar-refractivity contribution in [1.29, 1.82) is 0 Å². The Morgan fingerprint density at radius 2 is 1.68 bits per heavy atom. The van der Waals surface area contributed by atoms with E-state index in [1.54, 1.807) is 0 Å². The Morgan fingerprint density at radius 1 is 1.16 bits per heavy atom. The van der Waals surface area contributed by atoms with Crippen LogP contribution in [-0.2, 0) is 11.3 Å². The van der Waals surface area contributed by atoms with Gasteiger partial charge in [-0.3, -0.25) is 12.9 Å². The van der Waals surface area contributed by atoms with Crippen LogP contribution in [0.2, 0.25) is 0 Å². The number of benzene rings is 1. The van der Waals surface area contributed by atoms with Crippen LogP contribution in [0.25, 0.3) is 0 Å². The number of ether oxygens (including phenoxy) is 1. The van der Waals surface area contributed by atoms with Gasteiger partial charge in [0.05, 0.1) is 0 Å². The molecule has 0 N–H and O–H groups in total. The predicted molar refractivity (Wildman–Crippen MR) is 65.0 cm³/mol. The summed E-state index contributed by atoms with van der Waals surface area (Å²) >= 11 is 0.315. The van der Waals surface area contributed by atoms with E-state index in [0.29, 0.717) is 49.0 Å². The summed E-state index contributed by atoms with van der Waals surface area (Å²) in [5, 5.41) is 0. The molecule has 0 unspecified atom stereocenters. The predicted octanol–water partition coefficient (Wildman–Crippen LogP) is 3.40. The van der Waals surface area contributed by atoms with Crippen molar-refractivity contribution in [3.05, 3.63) is 42.1 Å². The van der Waals surface area contributed by atoms with E-state index in [1.807, 2.05) is 30.3 Å². The number of hydrogen-bond acceptors (Lipinski definition) is 1. The molecule has 0 aliphatic carbocycles. The Kier molecular flexibility index (Phi) is 11.1. The van der Waals surface area contributed by atoms with Crippen LogP contribution < -0.4 is 0 Å². The van der Waals surface area contributed by atoms with E-state index >= 15 is 0 Å². The van der Waals surface area contributed by atoms with Crippen LogP contribution in [-0.4, -0.2) is 69.0 Å². The van der Waals surface area contributed by atoms with Gasteiger partial charge in [-0.15, -0.1) is 0 Å². The Bertz CT molecular complexity index is 359. The minimum atomic E-state index is -3.67. The molecular formula is C11H11BF5KO. The van der Waals surface area contributed by atoms with Gasteiger partial charge in [0.1, 0.15) is 0 Å². The summed E-state index contributed by atoms with van der Waals surface area (Å²) in [6, 6.07) is 9.29. The second-order valence-corrected chi connectivity index (χ2v) is 4.53. The van der Waals surface area contributed by atoms with Gasteiger partial charge in [-0.1, -0.05) is 0 Å². The molecule has 0 bridgehead atoms. The zero-order chi connectivity index (χ0) is 14.7. The van der Waals surface area contributed by atoms with Crippen LogP contribution in [0.3, 0.4) is 0 Å². The molecular weight excluding hydrogens is 293 g/mol. The molecule has 0 aliphatic heterocycles. The fraction of sp³-hybridized carbons (Fsp3) is 0.273. The number of halogens is 5. The SMILES string of the molecule is FB(F)F.FC(F)(/C=[CH]/[K])COCc1ccccc1. The van der Waals surface area contributed by atoms with Crippen LogP contribution in [0.15, 0.2) is 36.6 Å². The molecule has 0 saturated carbocycles. The van der Waals surface area contributed by atoms with E-state index in [2.05, 4.69) is 0 Å². The zero-order valence-corrected chi connectivity index (χ0v) is 13.5. The molecule has 1 aromatic carbocycles. The molecule has 0 radical (unpaired) electrons. The fourth-order valence-electron chi connectivity index (χ4n) is 1.17. The maximum absolute atomic E-state index is 12.9. The molecule has 0 fully saturated rings. The quantitative estimate of drug-likeness (QED) is 0.598. The van der Waals surface area contributed by atoms with E-state index in [0.717, 1.165) is 11.6 Å². The molecule has 100 valence electrons. The second kappa shape index (κ2) is 11.0. The number of rotatable bonds is 5. The van der Waals surface area contributed by atoms with Gasteiger partial charge in [-0.25, -0.2) is 0 Å². The van der Waals surface area contributed by atoms with Crippen molar-refractivity contribution in [2.75, 3.05) is 6.61 Å². The number of hydrogen-bond donors (Lipinski definition) is 0. The van der Waals surface area contributed by atoms with Crippen molar-refractivity contribution >= 4 is 56.5 Å². The molecule has 1 nitrogen and oxygen atoms in total. The first-order valence-corrected chi connectivity index (χ1v) is 7.23. The Labute approximate surface area is 143 Å². The molecule has 0 spiro atoms. The average molecular weight is 304 g/mol. The van der Waals surface area contributed by atoms with Crippen LogP contribution in [0, 0.1) is 0 Å². The fourth-order valence-corrected chi connectivity index (χ4v) is 1.93. The third-order valence-corrected chi connectivity index (χ3v) is 2.34. The van der Waals surface area contributed by atoms with Crippen molar-refractivity contribution in [2.45, 2.75) is 12.5 Å². The van der Waals surface area contributed by atoms with Gasteiger partial charge < -0.3 is 0 Å². The summed E-state index contributed by atoms with van der Waals surface area (Å²) in [4.78, 5) is 0. The Morgan fingerprint density at radius 3 is 2.16 bits per heavy atom. The first kappa shape index (κ1) is 19.3. The van der Waals surface area contributed by atoms with Crippen LogP contribution >= 0.6 is 0 Å². The first-order chi connectivity index (χ1) is 8.87. The summed E-state index contributed by atoms with van der Waals surface area (Å²) in [5.41, 5.74) is 0.909. The average Bonchev–Trinajstić information content (AvgIpc) is 2.29. The minimum absolute atomic E-state index is 0.232. The topological polar surface area (TPSA) is 9.23 Å². The van der Waals surface area contributed by atoms with Crippen molar-refractivity contribution in [3.63, 3.8) is 0 Å². The molecule has 19 heavy (non-hydrogen) atoms. The summed E-state index contributed by atoms with van der Waals surface area (Å²) in [6.45, 7) is -0.316. The molecule has 0 saturated heterocycles. The van der Waals surface area contributed by atoms with Crippen molar-refractivity contribution in [1.82, 2.24) is 0 Å². The Balaban J connectivity index is 0.000000711. The van der Waals surface area contributed by atoms with Crippen molar-refractivity contribution < 1.29 is 26.5 Å². The Hall–Kier alpha value is 0.271. The summed E-state index contributed by atoms with van der Waals surface area (Å²) < 4.78 is 61.4. The van der Waals surface area contributed by atoms with Gasteiger partial charge in [0.25, 0.3) is 0 Å². The molecule has 0 amide bonds. The maximum atomic E-state index is 12.9. The molecule has 1 aromatic rings. The summed E-state index contributed by atoms with van der Waals surface area (Å²) in [5.74, 6) is -2.82. The van der Waals surface area contributed by atoms with Gasteiger partial charge >= 0.3 is 131 Å². The third kappa shape index (κ3) is 13.0. The standard InChI is InChI=1S/C11H11F2O.BF3.K/c1-2-11(12,13)9-14-8-10-6-4-3-5-7-10;2-1(3)4;/h1-7H,8-9H2;;. The summed E-state index contributed by atoms with van der Waals surface area (Å²) in [6.07, 6.45) is 0.929. The second-order valence-electron chi connectivity index (χ2n) is 3.49. The number of alkyl halides is 2. The van der Waals surface area contributed by atoms with Gasteiger partial charge in [-0.05, 0) is 0 Å². The molecule has 8 heteroatoms.